The first-order valence-corrected chi connectivity index (χ1v) is 12.6. The molecule has 2 N–H and O–H groups in total. The van der Waals surface area contributed by atoms with Gasteiger partial charge in [0, 0.05) is 25.4 Å². The molecule has 0 aliphatic carbocycles. The van der Waals surface area contributed by atoms with Crippen LogP contribution in [0.25, 0.3) is 22.0 Å². The molecule has 4 rings (SSSR count). The number of ether oxygens (including phenoxy) is 1. The van der Waals surface area contributed by atoms with Crippen LogP contribution in [0.15, 0.2) is 70.7 Å². The predicted molar refractivity (Wildman–Crippen MR) is 136 cm³/mol. The maximum atomic E-state index is 13.6. The van der Waals surface area contributed by atoms with Gasteiger partial charge < -0.3 is 10.1 Å². The molecule has 37 heavy (non-hydrogen) atoms. The van der Waals surface area contributed by atoms with Crippen LogP contribution >= 0.6 is 0 Å². The number of aromatic nitrogens is 3. The van der Waals surface area contributed by atoms with E-state index >= 15 is 0 Å². The lowest BCUT2D eigenvalue weighted by atomic mass is 10.0. The predicted octanol–water partition coefficient (Wildman–Crippen LogP) is 2.79. The molecule has 192 valence electrons. The Balaban J connectivity index is 1.73. The summed E-state index contributed by atoms with van der Waals surface area (Å²) in [5.41, 5.74) is 1.24. The molecule has 2 aromatic heterocycles. The van der Waals surface area contributed by atoms with Crippen LogP contribution in [0, 0.1) is 11.7 Å². The number of halogens is 1. The van der Waals surface area contributed by atoms with Gasteiger partial charge >= 0.3 is 0 Å². The van der Waals surface area contributed by atoms with Crippen molar-refractivity contribution in [1.82, 2.24) is 19.9 Å². The summed E-state index contributed by atoms with van der Waals surface area (Å²) in [6, 6.07) is 11.1. The summed E-state index contributed by atoms with van der Waals surface area (Å²) in [5.74, 6) is -1.32. The Morgan fingerprint density at radius 1 is 1.14 bits per heavy atom. The standard InChI is InChI=1S/C25H24FN5O5S/c1-15(23(32)27-2)13-31-14-29-21-8-7-16(9-20(21)25(31)33)17-10-22(24(36-3)28-12-17)30-37(34,35)19-6-4-5-18(26)11-19/h4-12,14-15,30H,13H2,1-3H3,(H,27,32)/t15-/m0/s1. The van der Waals surface area contributed by atoms with Crippen molar-refractivity contribution in [3.63, 3.8) is 0 Å². The lowest BCUT2D eigenvalue weighted by Crippen LogP contribution is -2.32. The zero-order chi connectivity index (χ0) is 26.7. The molecule has 1 amide bonds. The molecule has 0 unspecified atom stereocenters. The van der Waals surface area contributed by atoms with Crippen LogP contribution in [0.1, 0.15) is 6.92 Å². The minimum atomic E-state index is -4.14. The van der Waals surface area contributed by atoms with E-state index in [-0.39, 0.29) is 34.5 Å². The van der Waals surface area contributed by atoms with Gasteiger partial charge in [-0.1, -0.05) is 19.1 Å². The van der Waals surface area contributed by atoms with Crippen LogP contribution in [0.5, 0.6) is 5.88 Å². The van der Waals surface area contributed by atoms with E-state index in [4.69, 9.17) is 4.74 Å². The second-order valence-corrected chi connectivity index (χ2v) is 9.98. The number of carbonyl (C=O) groups is 1. The minimum absolute atomic E-state index is 0.0109. The Morgan fingerprint density at radius 2 is 1.92 bits per heavy atom. The Morgan fingerprint density at radius 3 is 2.62 bits per heavy atom. The Kier molecular flexibility index (Phi) is 7.21. The molecular weight excluding hydrogens is 501 g/mol. The number of sulfonamides is 1. The number of fused-ring (bicyclic) bond motifs is 1. The fourth-order valence-corrected chi connectivity index (χ4v) is 4.86. The minimum Gasteiger partial charge on any atom is -0.480 e. The normalized spacial score (nSPS) is 12.2. The molecule has 0 bridgehead atoms. The van der Waals surface area contributed by atoms with Crippen LogP contribution < -0.4 is 20.3 Å². The number of carbonyl (C=O) groups excluding carboxylic acids is 1. The molecule has 0 saturated heterocycles. The smallest absolute Gasteiger partial charge is 0.262 e. The molecular formula is C25H24FN5O5S. The second-order valence-electron chi connectivity index (χ2n) is 8.29. The van der Waals surface area contributed by atoms with Crippen molar-refractivity contribution >= 4 is 32.5 Å². The second kappa shape index (κ2) is 10.3. The Bertz CT molecular complexity index is 1660. The van der Waals surface area contributed by atoms with E-state index in [1.807, 2.05) is 0 Å². The zero-order valence-electron chi connectivity index (χ0n) is 20.2. The summed E-state index contributed by atoms with van der Waals surface area (Å²) in [5, 5.41) is 2.88. The van der Waals surface area contributed by atoms with Crippen molar-refractivity contribution in [3.05, 3.63) is 77.2 Å². The average Bonchev–Trinajstić information content (AvgIpc) is 2.89. The number of pyridine rings is 1. The van der Waals surface area contributed by atoms with Gasteiger partial charge in [0.15, 0.2) is 0 Å². The zero-order valence-corrected chi connectivity index (χ0v) is 21.0. The highest BCUT2D eigenvalue weighted by Gasteiger charge is 2.19. The van der Waals surface area contributed by atoms with Crippen molar-refractivity contribution in [2.24, 2.45) is 5.92 Å². The van der Waals surface area contributed by atoms with Crippen LogP contribution in [-0.4, -0.2) is 43.0 Å². The number of hydrogen-bond donors (Lipinski definition) is 2. The molecule has 0 fully saturated rings. The van der Waals surface area contributed by atoms with Crippen LogP contribution in [0.2, 0.25) is 0 Å². The van der Waals surface area contributed by atoms with Gasteiger partial charge in [0.1, 0.15) is 11.5 Å². The summed E-state index contributed by atoms with van der Waals surface area (Å²) in [6.45, 7) is 1.86. The molecule has 2 aromatic carbocycles. The van der Waals surface area contributed by atoms with Crippen molar-refractivity contribution in [1.29, 1.82) is 0 Å². The lowest BCUT2D eigenvalue weighted by molar-refractivity contribution is -0.124. The van der Waals surface area contributed by atoms with Gasteiger partial charge in [-0.25, -0.2) is 22.8 Å². The SMILES string of the molecule is CNC(=O)[C@@H](C)Cn1cnc2ccc(-c3cnc(OC)c(NS(=O)(=O)c4cccc(F)c4)c3)cc2c1=O. The van der Waals surface area contributed by atoms with E-state index in [2.05, 4.69) is 20.0 Å². The van der Waals surface area contributed by atoms with Crippen LogP contribution in [0.3, 0.4) is 0 Å². The van der Waals surface area contributed by atoms with Crippen molar-refractivity contribution in [2.45, 2.75) is 18.4 Å². The Hall–Kier alpha value is -4.32. The molecule has 0 aliphatic heterocycles. The van der Waals surface area contributed by atoms with Crippen molar-refractivity contribution in [3.8, 4) is 17.0 Å². The molecule has 0 spiro atoms. The highest BCUT2D eigenvalue weighted by Crippen LogP contribution is 2.31. The van der Waals surface area contributed by atoms with Gasteiger partial charge in [0.05, 0.1) is 35.2 Å². The molecule has 2 heterocycles. The first-order valence-electron chi connectivity index (χ1n) is 11.2. The molecule has 10 nitrogen and oxygen atoms in total. The maximum Gasteiger partial charge on any atom is 0.262 e. The van der Waals surface area contributed by atoms with E-state index in [1.165, 1.54) is 49.4 Å². The van der Waals surface area contributed by atoms with Crippen LogP contribution in [-0.2, 0) is 21.4 Å². The molecule has 0 radical (unpaired) electrons. The van der Waals surface area contributed by atoms with Crippen LogP contribution in [0.4, 0.5) is 10.1 Å². The molecule has 4 aromatic rings. The summed E-state index contributed by atoms with van der Waals surface area (Å²) in [4.78, 5) is 33.3. The number of hydrogen-bond acceptors (Lipinski definition) is 7. The van der Waals surface area contributed by atoms with E-state index in [9.17, 15) is 22.4 Å². The van der Waals surface area contributed by atoms with Crippen molar-refractivity contribution < 1.29 is 22.3 Å². The van der Waals surface area contributed by atoms with E-state index in [0.29, 0.717) is 22.0 Å². The number of amides is 1. The fourth-order valence-electron chi connectivity index (χ4n) is 3.78. The largest absolute Gasteiger partial charge is 0.480 e. The summed E-state index contributed by atoms with van der Waals surface area (Å²) >= 11 is 0. The first-order chi connectivity index (χ1) is 17.6. The maximum absolute atomic E-state index is 13.6. The third-order valence-corrected chi connectivity index (χ3v) is 7.08. The number of nitrogens with zero attached hydrogens (tertiary/aromatic N) is 3. The average molecular weight is 526 g/mol. The summed E-state index contributed by atoms with van der Waals surface area (Å²) in [7, 11) is -1.27. The number of benzene rings is 2. The summed E-state index contributed by atoms with van der Waals surface area (Å²) in [6.07, 6.45) is 2.88. The molecule has 1 atom stereocenters. The fraction of sp³-hybridized carbons (Fsp3) is 0.200. The number of anilines is 1. The van der Waals surface area contributed by atoms with Gasteiger partial charge in [-0.05, 0) is 42.0 Å². The van der Waals surface area contributed by atoms with Gasteiger partial charge in [-0.3, -0.25) is 18.9 Å². The van der Waals surface area contributed by atoms with Gasteiger partial charge in [0.25, 0.3) is 15.6 Å². The number of rotatable bonds is 8. The molecule has 0 saturated carbocycles. The van der Waals surface area contributed by atoms with Gasteiger partial charge in [-0.15, -0.1) is 0 Å². The van der Waals surface area contributed by atoms with Gasteiger partial charge in [0.2, 0.25) is 11.8 Å². The number of methoxy groups -OCH3 is 1. The first kappa shape index (κ1) is 25.8. The highest BCUT2D eigenvalue weighted by molar-refractivity contribution is 7.92. The molecule has 12 heteroatoms. The lowest BCUT2D eigenvalue weighted by Gasteiger charge is -2.14. The summed E-state index contributed by atoms with van der Waals surface area (Å²) < 4.78 is 48.3. The van der Waals surface area contributed by atoms with E-state index in [0.717, 1.165) is 12.1 Å². The third kappa shape index (κ3) is 5.43. The quantitative estimate of drug-likeness (QED) is 0.362. The number of nitrogens with one attached hydrogen (secondary N) is 2. The molecule has 0 aliphatic rings. The van der Waals surface area contributed by atoms with Crippen molar-refractivity contribution in [2.75, 3.05) is 18.9 Å². The monoisotopic (exact) mass is 525 g/mol. The van der Waals surface area contributed by atoms with E-state index < -0.39 is 21.8 Å². The Labute approximate surface area is 212 Å². The van der Waals surface area contributed by atoms with E-state index in [1.54, 1.807) is 25.1 Å². The van der Waals surface area contributed by atoms with Gasteiger partial charge in [-0.2, -0.15) is 0 Å². The highest BCUT2D eigenvalue weighted by atomic mass is 32.2. The topological polar surface area (TPSA) is 132 Å². The third-order valence-electron chi connectivity index (χ3n) is 5.72.